The van der Waals surface area contributed by atoms with Crippen molar-refractivity contribution in [3.63, 3.8) is 0 Å². The van der Waals surface area contributed by atoms with Crippen molar-refractivity contribution in [1.82, 2.24) is 0 Å². The molecule has 0 aliphatic heterocycles. The molecule has 0 aliphatic carbocycles. The molecular formula is C10H13F10O4P. The van der Waals surface area contributed by atoms with Gasteiger partial charge in [0.05, 0.1) is 6.61 Å². The zero-order valence-corrected chi connectivity index (χ0v) is 13.2. The van der Waals surface area contributed by atoms with Gasteiger partial charge in [0.25, 0.3) is 12.7 Å². The normalized spacial score (nSPS) is 18.4. The maximum absolute atomic E-state index is 13.1. The summed E-state index contributed by atoms with van der Waals surface area (Å²) >= 11 is 0. The van der Waals surface area contributed by atoms with E-state index in [0.717, 1.165) is 0 Å². The van der Waals surface area contributed by atoms with E-state index < -0.39 is 51.8 Å². The lowest BCUT2D eigenvalue weighted by molar-refractivity contribution is -0.243. The molecule has 0 heterocycles. The highest BCUT2D eigenvalue weighted by molar-refractivity contribution is 7.48. The van der Waals surface area contributed by atoms with E-state index in [1.165, 1.54) is 6.92 Å². The molecule has 0 amide bonds. The summed E-state index contributed by atoms with van der Waals surface area (Å²) in [5.41, 5.74) is 0. The van der Waals surface area contributed by atoms with Crippen molar-refractivity contribution in [2.75, 3.05) is 6.61 Å². The number of phosphoric ester groups is 1. The van der Waals surface area contributed by atoms with E-state index in [2.05, 4.69) is 13.6 Å². The van der Waals surface area contributed by atoms with Crippen molar-refractivity contribution < 1.29 is 62.0 Å². The van der Waals surface area contributed by atoms with E-state index in [-0.39, 0.29) is 12.8 Å². The van der Waals surface area contributed by atoms with Crippen LogP contribution < -0.4 is 0 Å². The van der Waals surface area contributed by atoms with Gasteiger partial charge in [0, 0.05) is 0 Å². The monoisotopic (exact) mass is 418 g/mol. The standard InChI is InChI=1S/C10H13F10O4P/c1-2-3-4-22-25(21,23-7(15)9(17,18)5(11)12)24-8(16)10(19,20)6(13)14/h5-8H,2-4H2,1H3. The minimum absolute atomic E-state index is 0.0822. The quantitative estimate of drug-likeness (QED) is 0.244. The van der Waals surface area contributed by atoms with Crippen molar-refractivity contribution in [1.29, 1.82) is 0 Å². The highest BCUT2D eigenvalue weighted by Gasteiger charge is 2.57. The molecule has 0 radical (unpaired) electrons. The second-order valence-electron chi connectivity index (χ2n) is 4.43. The van der Waals surface area contributed by atoms with Gasteiger partial charge in [0.2, 0.25) is 0 Å². The van der Waals surface area contributed by atoms with E-state index in [1.54, 1.807) is 0 Å². The van der Waals surface area contributed by atoms with Crippen LogP contribution in [-0.4, -0.2) is 44.0 Å². The number of halogens is 10. The molecule has 0 bridgehead atoms. The Labute approximate surface area is 135 Å². The molecule has 25 heavy (non-hydrogen) atoms. The van der Waals surface area contributed by atoms with Gasteiger partial charge in [-0.25, -0.2) is 40.0 Å². The maximum atomic E-state index is 13.1. The third-order valence-electron chi connectivity index (χ3n) is 2.38. The first kappa shape index (κ1) is 24.4. The SMILES string of the molecule is CCCCOP(=O)(OC(F)C(F)(F)C(F)F)OC(F)C(F)(F)C(F)F. The summed E-state index contributed by atoms with van der Waals surface area (Å²) in [4.78, 5) is 0. The third kappa shape index (κ3) is 6.91. The molecule has 0 aromatic rings. The summed E-state index contributed by atoms with van der Waals surface area (Å²) in [6.07, 6.45) is -18.1. The topological polar surface area (TPSA) is 44.8 Å². The minimum Gasteiger partial charge on any atom is -0.287 e. The van der Waals surface area contributed by atoms with E-state index >= 15 is 0 Å². The second kappa shape index (κ2) is 9.38. The van der Waals surface area contributed by atoms with Gasteiger partial charge in [-0.05, 0) is 6.42 Å². The Bertz CT molecular complexity index is 417. The fourth-order valence-electron chi connectivity index (χ4n) is 0.972. The largest absolute Gasteiger partial charge is 0.480 e. The van der Waals surface area contributed by atoms with E-state index in [1.807, 2.05) is 0 Å². The number of alkyl halides is 10. The summed E-state index contributed by atoms with van der Waals surface area (Å²) in [5, 5.41) is 0. The Morgan fingerprint density at radius 1 is 0.840 bits per heavy atom. The third-order valence-corrected chi connectivity index (χ3v) is 3.76. The molecule has 0 aromatic carbocycles. The predicted octanol–water partition coefficient (Wildman–Crippen LogP) is 5.34. The van der Waals surface area contributed by atoms with Crippen LogP contribution in [0.1, 0.15) is 19.8 Å². The maximum Gasteiger partial charge on any atom is 0.480 e. The predicted molar refractivity (Wildman–Crippen MR) is 62.3 cm³/mol. The molecule has 0 rings (SSSR count). The molecule has 0 aliphatic rings. The van der Waals surface area contributed by atoms with Crippen molar-refractivity contribution in [2.45, 2.75) is 57.2 Å². The first-order valence-electron chi connectivity index (χ1n) is 6.42. The molecule has 4 nitrogen and oxygen atoms in total. The summed E-state index contributed by atoms with van der Waals surface area (Å²) < 4.78 is 147. The lowest BCUT2D eigenvalue weighted by Crippen LogP contribution is -2.41. The highest BCUT2D eigenvalue weighted by Crippen LogP contribution is 2.55. The van der Waals surface area contributed by atoms with Crippen molar-refractivity contribution in [3.8, 4) is 0 Å². The molecule has 0 spiro atoms. The van der Waals surface area contributed by atoms with Crippen LogP contribution in [-0.2, 0) is 18.1 Å². The molecule has 0 saturated carbocycles. The lowest BCUT2D eigenvalue weighted by Gasteiger charge is -2.27. The van der Waals surface area contributed by atoms with Gasteiger partial charge < -0.3 is 0 Å². The van der Waals surface area contributed by atoms with Crippen LogP contribution >= 0.6 is 7.82 Å². The molecule has 0 aromatic heterocycles. The number of hydrogen-bond donors (Lipinski definition) is 0. The Hall–Kier alpha value is -0.590. The first-order valence-corrected chi connectivity index (χ1v) is 7.88. The Morgan fingerprint density at radius 3 is 1.48 bits per heavy atom. The van der Waals surface area contributed by atoms with Crippen LogP contribution in [0.25, 0.3) is 0 Å². The van der Waals surface area contributed by atoms with Gasteiger partial charge in [-0.3, -0.25) is 4.52 Å². The fourth-order valence-corrected chi connectivity index (χ4v) is 2.23. The first-order chi connectivity index (χ1) is 11.2. The Morgan fingerprint density at radius 2 is 1.20 bits per heavy atom. The van der Waals surface area contributed by atoms with Crippen molar-refractivity contribution in [3.05, 3.63) is 0 Å². The number of phosphoric acid groups is 1. The summed E-state index contributed by atoms with van der Waals surface area (Å²) in [6, 6.07) is 0. The van der Waals surface area contributed by atoms with Crippen LogP contribution in [0.15, 0.2) is 0 Å². The number of hydrogen-bond acceptors (Lipinski definition) is 4. The van der Waals surface area contributed by atoms with Crippen LogP contribution in [0.5, 0.6) is 0 Å². The van der Waals surface area contributed by atoms with Gasteiger partial charge >= 0.3 is 32.5 Å². The van der Waals surface area contributed by atoms with Gasteiger partial charge in [-0.15, -0.1) is 0 Å². The van der Waals surface area contributed by atoms with Gasteiger partial charge in [-0.2, -0.15) is 17.6 Å². The van der Waals surface area contributed by atoms with Crippen LogP contribution in [0, 0.1) is 0 Å². The second-order valence-corrected chi connectivity index (χ2v) is 6.00. The molecular weight excluding hydrogens is 405 g/mol. The minimum atomic E-state index is -6.01. The molecule has 15 heteroatoms. The van der Waals surface area contributed by atoms with E-state index in [0.29, 0.717) is 0 Å². The fraction of sp³-hybridized carbons (Fsp3) is 1.00. The zero-order chi connectivity index (χ0) is 20.1. The number of unbranched alkanes of at least 4 members (excludes halogenated alkanes) is 1. The summed E-state index contributed by atoms with van der Waals surface area (Å²) in [7, 11) is -6.01. The highest BCUT2D eigenvalue weighted by atomic mass is 31.2. The molecule has 2 unspecified atom stereocenters. The van der Waals surface area contributed by atoms with Crippen LogP contribution in [0.3, 0.4) is 0 Å². The average Bonchev–Trinajstić information content (AvgIpc) is 2.46. The van der Waals surface area contributed by atoms with E-state index in [9.17, 15) is 48.5 Å². The molecule has 0 N–H and O–H groups in total. The average molecular weight is 418 g/mol. The molecule has 152 valence electrons. The van der Waals surface area contributed by atoms with Crippen LogP contribution in [0.4, 0.5) is 43.9 Å². The smallest absolute Gasteiger partial charge is 0.287 e. The lowest BCUT2D eigenvalue weighted by atomic mass is 10.3. The van der Waals surface area contributed by atoms with Crippen molar-refractivity contribution in [2.24, 2.45) is 0 Å². The van der Waals surface area contributed by atoms with E-state index in [4.69, 9.17) is 0 Å². The Kier molecular flexibility index (Phi) is 9.16. The van der Waals surface area contributed by atoms with Gasteiger partial charge in [-0.1, -0.05) is 13.3 Å². The molecule has 0 saturated heterocycles. The van der Waals surface area contributed by atoms with Crippen molar-refractivity contribution >= 4 is 7.82 Å². The molecule has 0 fully saturated rings. The summed E-state index contributed by atoms with van der Waals surface area (Å²) in [5.74, 6) is -11.2. The van der Waals surface area contributed by atoms with Gasteiger partial charge in [0.15, 0.2) is 0 Å². The molecule has 2 atom stereocenters. The zero-order valence-electron chi connectivity index (χ0n) is 12.3. The number of rotatable bonds is 12. The summed E-state index contributed by atoms with van der Waals surface area (Å²) in [6.45, 7) is 0.676. The van der Waals surface area contributed by atoms with Crippen LogP contribution in [0.2, 0.25) is 0 Å². The Balaban J connectivity index is 5.35. The van der Waals surface area contributed by atoms with Gasteiger partial charge in [0.1, 0.15) is 0 Å².